The highest BCUT2D eigenvalue weighted by Crippen LogP contribution is 2.40. The van der Waals surface area contributed by atoms with E-state index in [-0.39, 0.29) is 22.9 Å². The lowest BCUT2D eigenvalue weighted by atomic mass is 10.00. The van der Waals surface area contributed by atoms with E-state index in [1.54, 1.807) is 24.3 Å². The van der Waals surface area contributed by atoms with Crippen LogP contribution in [0.2, 0.25) is 0 Å². The molecular weight excluding hydrogens is 536 g/mol. The molecule has 0 radical (unpaired) electrons. The molecule has 0 atom stereocenters. The number of hydrogen-bond donors (Lipinski definition) is 3. The molecule has 0 aliphatic carbocycles. The lowest BCUT2D eigenvalue weighted by Crippen LogP contribution is -2.14. The molecule has 0 aliphatic heterocycles. The van der Waals surface area contributed by atoms with E-state index in [0.29, 0.717) is 27.7 Å². The number of rotatable bonds is 6. The van der Waals surface area contributed by atoms with E-state index in [4.69, 9.17) is 0 Å². The number of amides is 2. The SMILES string of the molecule is Cc1ccc(N=Nc2c(O)c(C(=O)Nc3ccc(C)cc3C)cc3cc(C(=O)Nc4ccc(C)cc4C)ccc23)c(C)c1. The second-order valence-corrected chi connectivity index (χ2v) is 11.1. The molecule has 0 saturated carbocycles. The summed E-state index contributed by atoms with van der Waals surface area (Å²) in [6.07, 6.45) is 0. The number of aromatic hydroxyl groups is 1. The normalized spacial score (nSPS) is 11.2. The second-order valence-electron chi connectivity index (χ2n) is 11.1. The third-order valence-electron chi connectivity index (χ3n) is 7.46. The molecule has 3 N–H and O–H groups in total. The number of benzene rings is 5. The molecule has 5 aromatic rings. The number of anilines is 2. The average Bonchev–Trinajstić information content (AvgIpc) is 2.95. The molecule has 216 valence electrons. The van der Waals surface area contributed by atoms with Gasteiger partial charge in [-0.25, -0.2) is 0 Å². The summed E-state index contributed by atoms with van der Waals surface area (Å²) in [7, 11) is 0. The molecule has 5 rings (SSSR count). The lowest BCUT2D eigenvalue weighted by molar-refractivity contribution is 0.101. The van der Waals surface area contributed by atoms with Gasteiger partial charge in [-0.1, -0.05) is 59.2 Å². The molecular formula is C36H34N4O3. The monoisotopic (exact) mass is 570 g/mol. The van der Waals surface area contributed by atoms with Crippen LogP contribution in [0.15, 0.2) is 89.1 Å². The van der Waals surface area contributed by atoms with Gasteiger partial charge in [-0.05, 0) is 100 Å². The van der Waals surface area contributed by atoms with Gasteiger partial charge in [0, 0.05) is 22.3 Å². The number of hydrogen-bond acceptors (Lipinski definition) is 5. The Labute approximate surface area is 251 Å². The second kappa shape index (κ2) is 11.9. The van der Waals surface area contributed by atoms with Crippen molar-refractivity contribution in [3.05, 3.63) is 123 Å². The minimum absolute atomic E-state index is 0.0222. The van der Waals surface area contributed by atoms with Gasteiger partial charge < -0.3 is 15.7 Å². The number of nitrogens with one attached hydrogen (secondary N) is 2. The average molecular weight is 571 g/mol. The Morgan fingerprint density at radius 3 is 1.74 bits per heavy atom. The molecule has 0 heterocycles. The molecule has 0 spiro atoms. The summed E-state index contributed by atoms with van der Waals surface area (Å²) < 4.78 is 0. The molecule has 0 aliphatic rings. The molecule has 5 aromatic carbocycles. The van der Waals surface area contributed by atoms with Crippen LogP contribution in [-0.4, -0.2) is 16.9 Å². The van der Waals surface area contributed by atoms with Crippen LogP contribution in [0.4, 0.5) is 22.7 Å². The van der Waals surface area contributed by atoms with Gasteiger partial charge in [0.15, 0.2) is 5.75 Å². The smallest absolute Gasteiger partial charge is 0.259 e. The lowest BCUT2D eigenvalue weighted by Gasteiger charge is -2.14. The van der Waals surface area contributed by atoms with Gasteiger partial charge in [0.1, 0.15) is 5.69 Å². The summed E-state index contributed by atoms with van der Waals surface area (Å²) in [5.41, 5.74) is 8.63. The van der Waals surface area contributed by atoms with Gasteiger partial charge >= 0.3 is 0 Å². The van der Waals surface area contributed by atoms with Crippen LogP contribution >= 0.6 is 0 Å². The minimum atomic E-state index is -0.501. The first-order valence-electron chi connectivity index (χ1n) is 14.1. The number of carbonyl (C=O) groups is 2. The van der Waals surface area contributed by atoms with Crippen molar-refractivity contribution in [1.29, 1.82) is 0 Å². The van der Waals surface area contributed by atoms with Gasteiger partial charge in [-0.2, -0.15) is 5.11 Å². The van der Waals surface area contributed by atoms with Crippen LogP contribution in [-0.2, 0) is 0 Å². The highest BCUT2D eigenvalue weighted by atomic mass is 16.3. The van der Waals surface area contributed by atoms with Crippen molar-refractivity contribution in [1.82, 2.24) is 0 Å². The maximum Gasteiger partial charge on any atom is 0.259 e. The summed E-state index contributed by atoms with van der Waals surface area (Å²) in [4.78, 5) is 26.8. The zero-order valence-electron chi connectivity index (χ0n) is 25.2. The zero-order valence-corrected chi connectivity index (χ0v) is 25.2. The number of azo groups is 1. The fourth-order valence-electron chi connectivity index (χ4n) is 5.11. The standard InChI is InChI=1S/C36H34N4O3/c1-20-7-12-30(23(4)15-20)37-35(42)26-10-11-28-27(18-26)19-29(36(43)38-31-13-8-21(2)16-24(31)5)34(41)33(28)40-39-32-14-9-22(3)17-25(32)6/h7-19,41H,1-6H3,(H,37,42)(H,38,43). The third-order valence-corrected chi connectivity index (χ3v) is 7.46. The topological polar surface area (TPSA) is 103 Å². The third kappa shape index (κ3) is 6.31. The summed E-state index contributed by atoms with van der Waals surface area (Å²) in [6, 6.07) is 24.0. The number of phenols is 1. The maximum absolute atomic E-state index is 13.5. The minimum Gasteiger partial charge on any atom is -0.505 e. The molecule has 0 aromatic heterocycles. The van der Waals surface area contributed by atoms with E-state index in [1.807, 2.05) is 96.1 Å². The Morgan fingerprint density at radius 2 is 1.16 bits per heavy atom. The van der Waals surface area contributed by atoms with Gasteiger partial charge in [0.2, 0.25) is 0 Å². The fraction of sp³-hybridized carbons (Fsp3) is 0.167. The fourth-order valence-corrected chi connectivity index (χ4v) is 5.11. The van der Waals surface area contributed by atoms with Gasteiger partial charge in [-0.15, -0.1) is 5.11 Å². The van der Waals surface area contributed by atoms with Crippen LogP contribution in [0, 0.1) is 41.5 Å². The van der Waals surface area contributed by atoms with Crippen molar-refractivity contribution in [3.8, 4) is 5.75 Å². The van der Waals surface area contributed by atoms with Crippen molar-refractivity contribution < 1.29 is 14.7 Å². The van der Waals surface area contributed by atoms with Crippen molar-refractivity contribution in [2.24, 2.45) is 10.2 Å². The Hall–Kier alpha value is -5.30. The molecule has 0 unspecified atom stereocenters. The molecule has 7 heteroatoms. The van der Waals surface area contributed by atoms with Crippen LogP contribution in [0.3, 0.4) is 0 Å². The highest BCUT2D eigenvalue weighted by molar-refractivity contribution is 6.13. The van der Waals surface area contributed by atoms with E-state index >= 15 is 0 Å². The molecule has 43 heavy (non-hydrogen) atoms. The Balaban J connectivity index is 1.59. The predicted molar refractivity (Wildman–Crippen MR) is 173 cm³/mol. The van der Waals surface area contributed by atoms with E-state index in [2.05, 4.69) is 20.9 Å². The Morgan fingerprint density at radius 1 is 0.605 bits per heavy atom. The molecule has 0 fully saturated rings. The van der Waals surface area contributed by atoms with Gasteiger partial charge in [0.25, 0.3) is 11.8 Å². The highest BCUT2D eigenvalue weighted by Gasteiger charge is 2.20. The van der Waals surface area contributed by atoms with Crippen molar-refractivity contribution >= 4 is 45.3 Å². The number of fused-ring (bicyclic) bond motifs is 1. The van der Waals surface area contributed by atoms with Crippen molar-refractivity contribution in [2.75, 3.05) is 10.6 Å². The number of nitrogens with zero attached hydrogens (tertiary/aromatic N) is 2. The molecule has 7 nitrogen and oxygen atoms in total. The van der Waals surface area contributed by atoms with Crippen LogP contribution < -0.4 is 10.6 Å². The summed E-state index contributed by atoms with van der Waals surface area (Å²) in [5.74, 6) is -1.09. The number of carbonyl (C=O) groups excluding carboxylic acids is 2. The van der Waals surface area contributed by atoms with Crippen molar-refractivity contribution in [2.45, 2.75) is 41.5 Å². The van der Waals surface area contributed by atoms with E-state index in [0.717, 1.165) is 39.1 Å². The molecule has 2 amide bonds. The van der Waals surface area contributed by atoms with Gasteiger partial charge in [-0.3, -0.25) is 9.59 Å². The first kappa shape index (κ1) is 29.2. The predicted octanol–water partition coefficient (Wildman–Crippen LogP) is 9.32. The zero-order chi connectivity index (χ0) is 30.8. The van der Waals surface area contributed by atoms with Gasteiger partial charge in [0.05, 0.1) is 11.3 Å². The summed E-state index contributed by atoms with van der Waals surface area (Å²) in [5, 5.41) is 27.2. The van der Waals surface area contributed by atoms with Crippen LogP contribution in [0.25, 0.3) is 10.8 Å². The number of aryl methyl sites for hydroxylation is 6. The van der Waals surface area contributed by atoms with Crippen LogP contribution in [0.1, 0.15) is 54.1 Å². The molecule has 0 saturated heterocycles. The first-order valence-corrected chi connectivity index (χ1v) is 14.1. The first-order chi connectivity index (χ1) is 20.5. The van der Waals surface area contributed by atoms with Crippen LogP contribution in [0.5, 0.6) is 5.75 Å². The number of phenolic OH excluding ortho intramolecular Hbond substituents is 1. The summed E-state index contributed by atoms with van der Waals surface area (Å²) >= 11 is 0. The largest absolute Gasteiger partial charge is 0.505 e. The Kier molecular flexibility index (Phi) is 8.08. The maximum atomic E-state index is 13.5. The van der Waals surface area contributed by atoms with Crippen molar-refractivity contribution in [3.63, 3.8) is 0 Å². The quantitative estimate of drug-likeness (QED) is 0.177. The summed E-state index contributed by atoms with van der Waals surface area (Å²) in [6.45, 7) is 11.8. The van der Waals surface area contributed by atoms with E-state index in [9.17, 15) is 14.7 Å². The van der Waals surface area contributed by atoms with E-state index < -0.39 is 5.91 Å². The molecule has 0 bridgehead atoms. The van der Waals surface area contributed by atoms with E-state index in [1.165, 1.54) is 0 Å². The Bertz CT molecular complexity index is 1940.